The van der Waals surface area contributed by atoms with Gasteiger partial charge in [-0.25, -0.2) is 8.78 Å². The minimum Gasteiger partial charge on any atom is -0.341 e. The highest BCUT2D eigenvalue weighted by Crippen LogP contribution is 2.17. The maximum Gasteiger partial charge on any atom is 0.259 e. The van der Waals surface area contributed by atoms with Crippen molar-refractivity contribution in [2.45, 2.75) is 6.42 Å². The molecule has 0 fully saturated rings. The van der Waals surface area contributed by atoms with Gasteiger partial charge in [-0.1, -0.05) is 29.4 Å². The van der Waals surface area contributed by atoms with E-state index in [1.807, 2.05) is 30.3 Å². The monoisotopic (exact) mass is 343 g/mol. The lowest BCUT2D eigenvalue weighted by Crippen LogP contribution is -2.30. The highest BCUT2D eigenvalue weighted by atomic mass is 19.1. The molecule has 7 heteroatoms. The molecule has 0 aliphatic carbocycles. The number of rotatable bonds is 5. The zero-order chi connectivity index (χ0) is 17.8. The van der Waals surface area contributed by atoms with Crippen LogP contribution in [0.5, 0.6) is 0 Å². The lowest BCUT2D eigenvalue weighted by atomic mass is 10.1. The van der Waals surface area contributed by atoms with Crippen molar-refractivity contribution < 1.29 is 18.1 Å². The van der Waals surface area contributed by atoms with E-state index in [9.17, 15) is 13.6 Å². The van der Waals surface area contributed by atoms with E-state index >= 15 is 0 Å². The van der Waals surface area contributed by atoms with Crippen molar-refractivity contribution in [1.29, 1.82) is 0 Å². The first-order valence-corrected chi connectivity index (χ1v) is 7.63. The summed E-state index contributed by atoms with van der Waals surface area (Å²) in [4.78, 5) is 17.7. The number of halogens is 2. The van der Waals surface area contributed by atoms with Crippen LogP contribution < -0.4 is 0 Å². The SMILES string of the molecule is CN(CCc1noc(-c2ccccc2)n1)C(=O)c1c(F)cccc1F. The van der Waals surface area contributed by atoms with Gasteiger partial charge in [0.2, 0.25) is 0 Å². The van der Waals surface area contributed by atoms with Crippen LogP contribution in [0.2, 0.25) is 0 Å². The normalized spacial score (nSPS) is 10.7. The van der Waals surface area contributed by atoms with Crippen LogP contribution in [-0.4, -0.2) is 34.5 Å². The molecule has 0 N–H and O–H groups in total. The highest BCUT2D eigenvalue weighted by molar-refractivity contribution is 5.94. The van der Waals surface area contributed by atoms with Gasteiger partial charge < -0.3 is 9.42 Å². The Labute approximate surface area is 142 Å². The van der Waals surface area contributed by atoms with Gasteiger partial charge in [0.1, 0.15) is 17.2 Å². The summed E-state index contributed by atoms with van der Waals surface area (Å²) in [7, 11) is 1.46. The molecular weight excluding hydrogens is 328 g/mol. The number of hydrogen-bond donors (Lipinski definition) is 0. The first-order chi connectivity index (χ1) is 12.1. The summed E-state index contributed by atoms with van der Waals surface area (Å²) < 4.78 is 32.6. The van der Waals surface area contributed by atoms with E-state index in [4.69, 9.17) is 4.52 Å². The van der Waals surface area contributed by atoms with Gasteiger partial charge in [0.15, 0.2) is 5.82 Å². The van der Waals surface area contributed by atoms with Gasteiger partial charge in [0, 0.05) is 25.6 Å². The number of carbonyl (C=O) groups is 1. The molecule has 5 nitrogen and oxygen atoms in total. The van der Waals surface area contributed by atoms with E-state index in [0.717, 1.165) is 17.7 Å². The van der Waals surface area contributed by atoms with E-state index in [1.54, 1.807) is 0 Å². The van der Waals surface area contributed by atoms with Gasteiger partial charge in [-0.3, -0.25) is 4.79 Å². The predicted molar refractivity (Wildman–Crippen MR) is 86.8 cm³/mol. The molecule has 128 valence electrons. The molecule has 0 radical (unpaired) electrons. The Morgan fingerprint density at radius 2 is 1.76 bits per heavy atom. The molecule has 0 bridgehead atoms. The molecule has 0 spiro atoms. The van der Waals surface area contributed by atoms with E-state index in [0.29, 0.717) is 18.1 Å². The maximum absolute atomic E-state index is 13.7. The minimum absolute atomic E-state index is 0.195. The van der Waals surface area contributed by atoms with Crippen molar-refractivity contribution in [2.24, 2.45) is 0 Å². The van der Waals surface area contributed by atoms with Crippen LogP contribution in [0.15, 0.2) is 53.1 Å². The number of nitrogens with zero attached hydrogens (tertiary/aromatic N) is 3. The molecule has 3 rings (SSSR count). The molecule has 1 aromatic heterocycles. The Morgan fingerprint density at radius 3 is 2.44 bits per heavy atom. The zero-order valence-electron chi connectivity index (χ0n) is 13.4. The summed E-state index contributed by atoms with van der Waals surface area (Å²) in [6.45, 7) is 0.195. The van der Waals surface area contributed by atoms with Crippen LogP contribution in [0.1, 0.15) is 16.2 Å². The van der Waals surface area contributed by atoms with Crippen molar-refractivity contribution in [1.82, 2.24) is 15.0 Å². The van der Waals surface area contributed by atoms with Crippen molar-refractivity contribution in [3.05, 3.63) is 71.6 Å². The average molecular weight is 343 g/mol. The number of aromatic nitrogens is 2. The number of carbonyl (C=O) groups excluding carboxylic acids is 1. The van der Waals surface area contributed by atoms with Crippen molar-refractivity contribution in [3.8, 4) is 11.5 Å². The summed E-state index contributed by atoms with van der Waals surface area (Å²) in [5, 5.41) is 3.86. The number of benzene rings is 2. The summed E-state index contributed by atoms with van der Waals surface area (Å²) in [6, 6.07) is 12.6. The first kappa shape index (κ1) is 16.8. The summed E-state index contributed by atoms with van der Waals surface area (Å²) >= 11 is 0. The Bertz CT molecular complexity index is 861. The average Bonchev–Trinajstić information content (AvgIpc) is 3.09. The van der Waals surface area contributed by atoms with E-state index < -0.39 is 23.1 Å². The van der Waals surface area contributed by atoms with Crippen LogP contribution in [0.25, 0.3) is 11.5 Å². The standard InChI is InChI=1S/C18H15F2N3O2/c1-23(18(24)16-13(19)8-5-9-14(16)20)11-10-15-21-17(25-22-15)12-6-3-2-4-7-12/h2-9H,10-11H2,1H3. The zero-order valence-corrected chi connectivity index (χ0v) is 13.4. The molecule has 0 atom stereocenters. The largest absolute Gasteiger partial charge is 0.341 e. The van der Waals surface area contributed by atoms with Crippen molar-refractivity contribution in [2.75, 3.05) is 13.6 Å². The van der Waals surface area contributed by atoms with E-state index in [2.05, 4.69) is 10.1 Å². The fourth-order valence-corrected chi connectivity index (χ4v) is 2.32. The molecule has 3 aromatic rings. The second-order valence-electron chi connectivity index (χ2n) is 5.46. The Hall–Kier alpha value is -3.09. The molecule has 1 amide bonds. The number of likely N-dealkylation sites (N-methyl/N-ethyl adjacent to an activating group) is 1. The molecule has 0 saturated heterocycles. The van der Waals surface area contributed by atoms with E-state index in [1.165, 1.54) is 18.0 Å². The maximum atomic E-state index is 13.7. The third-order valence-corrected chi connectivity index (χ3v) is 3.68. The fourth-order valence-electron chi connectivity index (χ4n) is 2.32. The Balaban J connectivity index is 1.66. The summed E-state index contributed by atoms with van der Waals surface area (Å²) in [5.74, 6) is -1.72. The predicted octanol–water partition coefficient (Wildman–Crippen LogP) is 3.33. The molecule has 0 saturated carbocycles. The molecular formula is C18H15F2N3O2. The highest BCUT2D eigenvalue weighted by Gasteiger charge is 2.21. The molecule has 0 unspecified atom stereocenters. The van der Waals surface area contributed by atoms with Crippen molar-refractivity contribution >= 4 is 5.91 Å². The fraction of sp³-hybridized carbons (Fsp3) is 0.167. The topological polar surface area (TPSA) is 59.2 Å². The van der Waals surface area contributed by atoms with Gasteiger partial charge in [-0.05, 0) is 24.3 Å². The quantitative estimate of drug-likeness (QED) is 0.713. The van der Waals surface area contributed by atoms with Gasteiger partial charge in [0.05, 0.1) is 0 Å². The molecule has 1 heterocycles. The number of hydrogen-bond acceptors (Lipinski definition) is 4. The second kappa shape index (κ2) is 7.21. The lowest BCUT2D eigenvalue weighted by molar-refractivity contribution is 0.0786. The van der Waals surface area contributed by atoms with Gasteiger partial charge >= 0.3 is 0 Å². The molecule has 25 heavy (non-hydrogen) atoms. The van der Waals surface area contributed by atoms with Crippen LogP contribution in [0.3, 0.4) is 0 Å². The minimum atomic E-state index is -0.886. The third-order valence-electron chi connectivity index (χ3n) is 3.68. The first-order valence-electron chi connectivity index (χ1n) is 7.63. The third kappa shape index (κ3) is 3.71. The lowest BCUT2D eigenvalue weighted by Gasteiger charge is -2.16. The smallest absolute Gasteiger partial charge is 0.259 e. The van der Waals surface area contributed by atoms with Crippen LogP contribution in [0, 0.1) is 11.6 Å². The number of amides is 1. The Kier molecular flexibility index (Phi) is 4.83. The second-order valence-corrected chi connectivity index (χ2v) is 5.46. The van der Waals surface area contributed by atoms with Crippen molar-refractivity contribution in [3.63, 3.8) is 0 Å². The molecule has 0 aliphatic heterocycles. The van der Waals surface area contributed by atoms with Crippen LogP contribution in [0.4, 0.5) is 8.78 Å². The summed E-state index contributed by atoms with van der Waals surface area (Å²) in [5.41, 5.74) is 0.224. The summed E-state index contributed by atoms with van der Waals surface area (Å²) in [6.07, 6.45) is 0.300. The van der Waals surface area contributed by atoms with Crippen LogP contribution in [-0.2, 0) is 6.42 Å². The van der Waals surface area contributed by atoms with Crippen LogP contribution >= 0.6 is 0 Å². The Morgan fingerprint density at radius 1 is 1.08 bits per heavy atom. The van der Waals surface area contributed by atoms with Gasteiger partial charge in [-0.2, -0.15) is 4.98 Å². The van der Waals surface area contributed by atoms with Gasteiger partial charge in [0.25, 0.3) is 11.8 Å². The molecule has 2 aromatic carbocycles. The van der Waals surface area contributed by atoms with Gasteiger partial charge in [-0.15, -0.1) is 0 Å². The van der Waals surface area contributed by atoms with E-state index in [-0.39, 0.29) is 6.54 Å². The molecule has 0 aliphatic rings.